The number of esters is 3. The number of fused-ring (bicyclic) bond motifs is 5. The number of aliphatic hydroxyl groups is 2. The van der Waals surface area contributed by atoms with Gasteiger partial charge in [-0.05, 0) is 117 Å². The van der Waals surface area contributed by atoms with E-state index in [2.05, 4.69) is 72.8 Å². The zero-order valence-electron chi connectivity index (χ0n) is 38.5. The number of hydrogen-bond donors (Lipinski definition) is 2. The van der Waals surface area contributed by atoms with Gasteiger partial charge < -0.3 is 38.6 Å². The van der Waals surface area contributed by atoms with Gasteiger partial charge in [-0.25, -0.2) is 4.79 Å². The molecule has 0 radical (unpaired) electrons. The van der Waals surface area contributed by atoms with Gasteiger partial charge in [0.25, 0.3) is 0 Å². The molecule has 4 aliphatic heterocycles. The quantitative estimate of drug-likeness (QED) is 0.0915. The van der Waals surface area contributed by atoms with Crippen molar-refractivity contribution in [1.29, 1.82) is 0 Å². The van der Waals surface area contributed by atoms with Crippen molar-refractivity contribution in [3.8, 4) is 0 Å². The first-order chi connectivity index (χ1) is 29.9. The van der Waals surface area contributed by atoms with Crippen LogP contribution >= 0.6 is 0 Å². The average Bonchev–Trinajstić information content (AvgIpc) is 4.08. The van der Waals surface area contributed by atoms with Gasteiger partial charge in [0.05, 0.1) is 31.2 Å². The first-order valence-electron chi connectivity index (χ1n) is 24.7. The van der Waals surface area contributed by atoms with E-state index in [-0.39, 0.29) is 65.9 Å². The Bertz CT molecular complexity index is 2100. The van der Waals surface area contributed by atoms with Gasteiger partial charge >= 0.3 is 17.9 Å². The molecule has 0 bridgehead atoms. The molecule has 16 atom stereocenters. The molecule has 2 spiro atoms. The van der Waals surface area contributed by atoms with Crippen LogP contribution in [0.2, 0.25) is 0 Å². The summed E-state index contributed by atoms with van der Waals surface area (Å²) >= 11 is 0. The van der Waals surface area contributed by atoms with Gasteiger partial charge in [0.2, 0.25) is 0 Å². The van der Waals surface area contributed by atoms with Crippen LogP contribution in [-0.4, -0.2) is 94.3 Å². The highest BCUT2D eigenvalue weighted by molar-refractivity contribution is 5.92. The molecule has 11 aliphatic rings. The lowest BCUT2D eigenvalue weighted by Gasteiger charge is -2.53. The van der Waals surface area contributed by atoms with Crippen LogP contribution in [0.25, 0.3) is 0 Å². The predicted octanol–water partition coefficient (Wildman–Crippen LogP) is 7.56. The average molecular weight is 871 g/mol. The van der Waals surface area contributed by atoms with E-state index < -0.39 is 52.5 Å². The Morgan fingerprint density at radius 3 is 2.38 bits per heavy atom. The summed E-state index contributed by atoms with van der Waals surface area (Å²) < 4.78 is 38.4. The van der Waals surface area contributed by atoms with E-state index in [9.17, 15) is 24.6 Å². The van der Waals surface area contributed by atoms with Crippen LogP contribution in [0.4, 0.5) is 0 Å². The lowest BCUT2D eigenvalue weighted by Crippen LogP contribution is -2.70. The molecule has 2 N–H and O–H groups in total. The molecule has 2 unspecified atom stereocenters. The summed E-state index contributed by atoms with van der Waals surface area (Å²) in [5.74, 6) is 0.862. The second-order valence-electron chi connectivity index (χ2n) is 23.3. The number of hydrogen-bond acceptors (Lipinski definition) is 11. The number of rotatable bonds is 11. The van der Waals surface area contributed by atoms with Crippen molar-refractivity contribution >= 4 is 17.9 Å². The minimum atomic E-state index is -0.858. The van der Waals surface area contributed by atoms with E-state index in [1.807, 2.05) is 0 Å². The number of carbonyl (C=O) groups is 3. The van der Waals surface area contributed by atoms with Crippen LogP contribution in [0, 0.1) is 51.8 Å². The van der Waals surface area contributed by atoms with E-state index in [4.69, 9.17) is 28.4 Å². The van der Waals surface area contributed by atoms with Crippen LogP contribution in [0.1, 0.15) is 138 Å². The summed E-state index contributed by atoms with van der Waals surface area (Å²) in [4.78, 5) is 40.2. The summed E-state index contributed by atoms with van der Waals surface area (Å²) in [5, 5.41) is 21.6. The van der Waals surface area contributed by atoms with Gasteiger partial charge in [-0.3, -0.25) is 9.59 Å². The number of epoxide rings is 3. The van der Waals surface area contributed by atoms with Crippen LogP contribution in [0.15, 0.2) is 46.6 Å². The second-order valence-corrected chi connectivity index (χ2v) is 23.3. The van der Waals surface area contributed by atoms with Gasteiger partial charge in [0.1, 0.15) is 36.1 Å². The molecule has 3 saturated heterocycles. The van der Waals surface area contributed by atoms with Crippen molar-refractivity contribution in [3.63, 3.8) is 0 Å². The molecule has 7 aliphatic carbocycles. The van der Waals surface area contributed by atoms with E-state index in [1.54, 1.807) is 0 Å². The maximum Gasteiger partial charge on any atom is 0.334 e. The number of aliphatic hydroxyl groups excluding tert-OH is 2. The Morgan fingerprint density at radius 1 is 0.873 bits per heavy atom. The molecule has 0 aromatic rings. The summed E-state index contributed by atoms with van der Waals surface area (Å²) in [5.41, 5.74) is 1.49. The summed E-state index contributed by atoms with van der Waals surface area (Å²) in [6.45, 7) is 15.8. The van der Waals surface area contributed by atoms with Gasteiger partial charge in [0.15, 0.2) is 11.7 Å². The Hall–Kier alpha value is -2.83. The van der Waals surface area contributed by atoms with E-state index in [1.165, 1.54) is 24.8 Å². The summed E-state index contributed by atoms with van der Waals surface area (Å²) in [7, 11) is 0. The van der Waals surface area contributed by atoms with Crippen molar-refractivity contribution in [3.05, 3.63) is 46.6 Å². The second kappa shape index (κ2) is 14.3. The molecule has 9 fully saturated rings. The normalized spacial score (nSPS) is 48.3. The fourth-order valence-electron chi connectivity index (χ4n) is 15.7. The molecule has 11 rings (SSSR count). The Morgan fingerprint density at radius 2 is 1.63 bits per heavy atom. The largest absolute Gasteiger partial charge is 0.461 e. The van der Waals surface area contributed by atoms with Crippen LogP contribution in [0.5, 0.6) is 0 Å². The third-order valence-electron chi connectivity index (χ3n) is 19.6. The monoisotopic (exact) mass is 870 g/mol. The lowest BCUT2D eigenvalue weighted by molar-refractivity contribution is -0.172. The standard InChI is InChI=1S/C52H70O11/c1-27(2)50-43(62-50)44-52(63-44)49(7)22-20-33-34(26-58-45(33)57)37(49)25-40-51(52,61-40)46(50)60-42(56)19-18-41(55)59-39-24-32(53)23-31(47(39,4)5)14-13-29-9-8-21-48(6)35(15-16-36(29)48)28(3)10-17-38(54)30-11-12-30/h10,13-14,17,27-28,30,32,35-40,43-44,46,53-54H,8-9,11-12,15-16,18-26H2,1-7H3/b17-10+,29-13+,31-14-/t28-,32+,35?,36?,37-,38+,39-,40-,43-,44-,46+,48+,49-,50-,51+,52+/m0/s1. The molecule has 344 valence electrons. The molecular weight excluding hydrogens is 801 g/mol. The Kier molecular flexibility index (Phi) is 9.74. The molecule has 6 saturated carbocycles. The number of ether oxygens (including phenoxy) is 6. The summed E-state index contributed by atoms with van der Waals surface area (Å²) in [6.07, 6.45) is 16.7. The fraction of sp³-hybridized carbons (Fsp3) is 0.788. The van der Waals surface area contributed by atoms with Crippen molar-refractivity contribution in [2.45, 2.75) is 198 Å². The zero-order valence-corrected chi connectivity index (χ0v) is 38.5. The third-order valence-corrected chi connectivity index (χ3v) is 19.6. The molecule has 4 heterocycles. The number of allylic oxidation sites excluding steroid dienone is 4. The number of carbonyl (C=O) groups excluding carboxylic acids is 3. The highest BCUT2D eigenvalue weighted by atomic mass is 16.8. The maximum absolute atomic E-state index is 13.9. The Balaban J connectivity index is 0.750. The van der Waals surface area contributed by atoms with E-state index in [0.29, 0.717) is 56.0 Å². The highest BCUT2D eigenvalue weighted by Crippen LogP contribution is 2.83. The van der Waals surface area contributed by atoms with E-state index >= 15 is 0 Å². The van der Waals surface area contributed by atoms with E-state index in [0.717, 1.165) is 48.8 Å². The van der Waals surface area contributed by atoms with Crippen molar-refractivity contribution in [2.75, 3.05) is 6.61 Å². The smallest absolute Gasteiger partial charge is 0.334 e. The zero-order chi connectivity index (χ0) is 44.2. The van der Waals surface area contributed by atoms with Gasteiger partial charge in [-0.1, -0.05) is 83.9 Å². The summed E-state index contributed by atoms with van der Waals surface area (Å²) in [6, 6.07) is 0. The van der Waals surface area contributed by atoms with Crippen LogP contribution in [0.3, 0.4) is 0 Å². The molecule has 0 aromatic carbocycles. The molecule has 0 aromatic heterocycles. The third kappa shape index (κ3) is 6.02. The van der Waals surface area contributed by atoms with Crippen molar-refractivity contribution < 1.29 is 53.0 Å². The minimum absolute atomic E-state index is 0.0255. The molecule has 63 heavy (non-hydrogen) atoms. The first-order valence-corrected chi connectivity index (χ1v) is 24.7. The topological polar surface area (TPSA) is 157 Å². The van der Waals surface area contributed by atoms with Crippen LogP contribution in [-0.2, 0) is 42.8 Å². The van der Waals surface area contributed by atoms with Crippen molar-refractivity contribution in [2.24, 2.45) is 51.8 Å². The fourth-order valence-corrected chi connectivity index (χ4v) is 15.7. The molecular formula is C52H70O11. The SMILES string of the molecule is CC(C)[C@]12O[C@H]1[C@@H]1O[C@]13[C@]1(O[C@H]1C[C@H]1C4=C(CC[C@@]13C)C(=O)OC4)[C@@H]2OC(=O)CCC(=O)O[C@H]1C[C@H](O)C/C(=C/C=C2\CCC[C@@]3(C)C2CCC3[C@@H](C)/C=C/[C@@H](O)C2CC2)C1(C)C. The van der Waals surface area contributed by atoms with Crippen molar-refractivity contribution in [1.82, 2.24) is 0 Å². The maximum atomic E-state index is 13.9. The molecule has 11 heteroatoms. The van der Waals surface area contributed by atoms with Crippen LogP contribution < -0.4 is 0 Å². The lowest BCUT2D eigenvalue weighted by atomic mass is 9.46. The molecule has 11 nitrogen and oxygen atoms in total. The highest BCUT2D eigenvalue weighted by Gasteiger charge is 3.01. The predicted molar refractivity (Wildman–Crippen MR) is 230 cm³/mol. The van der Waals surface area contributed by atoms with Gasteiger partial charge in [0, 0.05) is 22.8 Å². The number of cyclic esters (lactones) is 1. The molecule has 0 amide bonds. The minimum Gasteiger partial charge on any atom is -0.461 e. The van der Waals surface area contributed by atoms with Gasteiger partial charge in [-0.2, -0.15) is 0 Å². The first kappa shape index (κ1) is 42.8. The Labute approximate surface area is 372 Å². The van der Waals surface area contributed by atoms with Gasteiger partial charge in [-0.15, -0.1) is 0 Å².